The summed E-state index contributed by atoms with van der Waals surface area (Å²) in [4.78, 5) is 1.82. The van der Waals surface area contributed by atoms with Crippen molar-refractivity contribution in [2.75, 3.05) is 0 Å². The van der Waals surface area contributed by atoms with Crippen molar-refractivity contribution in [1.82, 2.24) is 0 Å². The number of rotatable bonds is 2. The summed E-state index contributed by atoms with van der Waals surface area (Å²) in [6.45, 7) is 2.05. The van der Waals surface area contributed by atoms with E-state index >= 15 is 0 Å². The van der Waals surface area contributed by atoms with Gasteiger partial charge in [-0.15, -0.1) is 0 Å². The van der Waals surface area contributed by atoms with E-state index in [1.165, 1.54) is 36.0 Å². The fraction of sp³-hybridized carbons (Fsp3) is 0.294. The number of aryl methyl sites for hydroxylation is 3. The molecule has 0 saturated heterocycles. The van der Waals surface area contributed by atoms with Gasteiger partial charge < -0.3 is 4.55 Å². The van der Waals surface area contributed by atoms with E-state index < -0.39 is 11.2 Å². The zero-order chi connectivity index (χ0) is 13.2. The van der Waals surface area contributed by atoms with Gasteiger partial charge in [0, 0.05) is 11.2 Å². The number of hydrogen-bond acceptors (Lipinski definition) is 1. The summed E-state index contributed by atoms with van der Waals surface area (Å²) in [7, 11) is 0. The normalized spacial score (nSPS) is 15.9. The zero-order valence-electron chi connectivity index (χ0n) is 11.2. The van der Waals surface area contributed by atoms with E-state index in [4.69, 9.17) is 0 Å². The van der Waals surface area contributed by atoms with Crippen LogP contribution in [0.15, 0.2) is 52.3 Å². The van der Waals surface area contributed by atoms with Gasteiger partial charge in [0.2, 0.25) is 0 Å². The van der Waals surface area contributed by atoms with E-state index in [1.807, 2.05) is 37.3 Å². The molecule has 1 aliphatic rings. The van der Waals surface area contributed by atoms with Gasteiger partial charge in [0.1, 0.15) is 0 Å². The van der Waals surface area contributed by atoms with E-state index in [-0.39, 0.29) is 0 Å². The van der Waals surface area contributed by atoms with Crippen LogP contribution >= 0.6 is 0 Å². The Labute approximate surface area is 117 Å². The summed E-state index contributed by atoms with van der Waals surface area (Å²) in [5.74, 6) is 0. The molecule has 1 nitrogen and oxygen atoms in total. The maximum Gasteiger partial charge on any atom is 0.158 e. The molecule has 0 fully saturated rings. The molecule has 19 heavy (non-hydrogen) atoms. The Hall–Kier alpha value is -1.25. The molecule has 2 heteroatoms. The largest absolute Gasteiger partial charge is 0.606 e. The van der Waals surface area contributed by atoms with Crippen LogP contribution in [0.5, 0.6) is 0 Å². The molecule has 0 aromatic heterocycles. The summed E-state index contributed by atoms with van der Waals surface area (Å²) < 4.78 is 12.6. The minimum atomic E-state index is -1.05. The smallest absolute Gasteiger partial charge is 0.158 e. The lowest BCUT2D eigenvalue weighted by Gasteiger charge is -2.17. The Bertz CT molecular complexity index is 574. The number of benzene rings is 2. The van der Waals surface area contributed by atoms with Crippen LogP contribution < -0.4 is 0 Å². The molecule has 1 aliphatic carbocycles. The van der Waals surface area contributed by atoms with Crippen molar-refractivity contribution < 1.29 is 4.55 Å². The predicted molar refractivity (Wildman–Crippen MR) is 78.9 cm³/mol. The molecular weight excluding hydrogens is 252 g/mol. The molecule has 3 rings (SSSR count). The second-order valence-electron chi connectivity index (χ2n) is 5.22. The highest BCUT2D eigenvalue weighted by Crippen LogP contribution is 2.27. The molecule has 1 unspecified atom stereocenters. The van der Waals surface area contributed by atoms with Crippen molar-refractivity contribution in [3.8, 4) is 0 Å². The average molecular weight is 270 g/mol. The quantitative estimate of drug-likeness (QED) is 0.755. The van der Waals surface area contributed by atoms with Gasteiger partial charge in [-0.2, -0.15) is 0 Å². The van der Waals surface area contributed by atoms with Crippen LogP contribution in [0.3, 0.4) is 0 Å². The third-order valence-corrected chi connectivity index (χ3v) is 5.15. The van der Waals surface area contributed by atoms with Crippen molar-refractivity contribution in [2.45, 2.75) is 42.4 Å². The Morgan fingerprint density at radius 3 is 2.21 bits per heavy atom. The molecule has 0 amide bonds. The number of hydrogen-bond donors (Lipinski definition) is 0. The lowest BCUT2D eigenvalue weighted by atomic mass is 9.92. The van der Waals surface area contributed by atoms with Crippen LogP contribution in [0.1, 0.15) is 29.5 Å². The van der Waals surface area contributed by atoms with Gasteiger partial charge in [0.05, 0.1) is 0 Å². The molecule has 0 radical (unpaired) electrons. The summed E-state index contributed by atoms with van der Waals surface area (Å²) in [5.41, 5.74) is 4.03. The molecule has 2 aromatic rings. The van der Waals surface area contributed by atoms with Gasteiger partial charge in [-0.05, 0) is 68.0 Å². The van der Waals surface area contributed by atoms with E-state index in [9.17, 15) is 4.55 Å². The lowest BCUT2D eigenvalue weighted by Crippen LogP contribution is -2.07. The SMILES string of the molecule is Cc1ccc([S+]([O-])c2ccc3c(c2)CCCC3)cc1. The first kappa shape index (κ1) is 12.8. The van der Waals surface area contributed by atoms with Crippen molar-refractivity contribution in [1.29, 1.82) is 0 Å². The molecule has 98 valence electrons. The molecule has 0 aliphatic heterocycles. The van der Waals surface area contributed by atoms with Gasteiger partial charge in [-0.25, -0.2) is 0 Å². The van der Waals surface area contributed by atoms with Crippen LogP contribution in [0.25, 0.3) is 0 Å². The molecule has 2 aromatic carbocycles. The van der Waals surface area contributed by atoms with Crippen molar-refractivity contribution >= 4 is 11.2 Å². The van der Waals surface area contributed by atoms with Crippen LogP contribution in [-0.2, 0) is 24.0 Å². The topological polar surface area (TPSA) is 23.1 Å². The predicted octanol–water partition coefficient (Wildman–Crippen LogP) is 4.04. The second-order valence-corrected chi connectivity index (χ2v) is 6.70. The first-order valence-corrected chi connectivity index (χ1v) is 7.99. The highest BCUT2D eigenvalue weighted by Gasteiger charge is 2.17. The van der Waals surface area contributed by atoms with Gasteiger partial charge in [0.25, 0.3) is 0 Å². The van der Waals surface area contributed by atoms with Crippen LogP contribution in [0, 0.1) is 6.92 Å². The molecule has 0 heterocycles. The maximum atomic E-state index is 12.6. The standard InChI is InChI=1S/C17H18OS/c1-13-6-9-16(10-7-13)19(18)17-11-8-14-4-2-3-5-15(14)12-17/h6-12H,2-5H2,1H3. The zero-order valence-corrected chi connectivity index (χ0v) is 12.0. The minimum absolute atomic E-state index is 0.890. The van der Waals surface area contributed by atoms with Crippen molar-refractivity contribution in [3.63, 3.8) is 0 Å². The molecule has 0 N–H and O–H groups in total. The Morgan fingerprint density at radius 1 is 0.842 bits per heavy atom. The minimum Gasteiger partial charge on any atom is -0.606 e. The monoisotopic (exact) mass is 270 g/mol. The molecule has 0 saturated carbocycles. The summed E-state index contributed by atoms with van der Waals surface area (Å²) in [5, 5.41) is 0. The molecular formula is C17H18OS. The van der Waals surface area contributed by atoms with Crippen LogP contribution in [0.4, 0.5) is 0 Å². The fourth-order valence-corrected chi connectivity index (χ4v) is 3.72. The van der Waals surface area contributed by atoms with Gasteiger partial charge >= 0.3 is 0 Å². The Morgan fingerprint density at radius 2 is 1.47 bits per heavy atom. The Kier molecular flexibility index (Phi) is 3.63. The van der Waals surface area contributed by atoms with E-state index in [1.54, 1.807) is 0 Å². The molecule has 0 spiro atoms. The third-order valence-electron chi connectivity index (χ3n) is 3.77. The summed E-state index contributed by atoms with van der Waals surface area (Å²) >= 11 is -1.05. The van der Waals surface area contributed by atoms with Crippen molar-refractivity contribution in [2.24, 2.45) is 0 Å². The van der Waals surface area contributed by atoms with Gasteiger partial charge in [0.15, 0.2) is 9.79 Å². The first-order valence-electron chi connectivity index (χ1n) is 6.84. The van der Waals surface area contributed by atoms with Crippen LogP contribution in [-0.4, -0.2) is 4.55 Å². The van der Waals surface area contributed by atoms with Crippen LogP contribution in [0.2, 0.25) is 0 Å². The average Bonchev–Trinajstić information content (AvgIpc) is 2.47. The lowest BCUT2D eigenvalue weighted by molar-refractivity contribution is 0.594. The van der Waals surface area contributed by atoms with E-state index in [0.29, 0.717) is 0 Å². The first-order chi connectivity index (χ1) is 9.24. The summed E-state index contributed by atoms with van der Waals surface area (Å²) in [6, 6.07) is 14.3. The van der Waals surface area contributed by atoms with Crippen molar-refractivity contribution in [3.05, 3.63) is 59.2 Å². The number of fused-ring (bicyclic) bond motifs is 1. The Balaban J connectivity index is 1.91. The van der Waals surface area contributed by atoms with Gasteiger partial charge in [-0.3, -0.25) is 0 Å². The second kappa shape index (κ2) is 5.40. The summed E-state index contributed by atoms with van der Waals surface area (Å²) in [6.07, 6.45) is 4.85. The van der Waals surface area contributed by atoms with Gasteiger partial charge in [-0.1, -0.05) is 23.8 Å². The maximum absolute atomic E-state index is 12.6. The van der Waals surface area contributed by atoms with E-state index in [0.717, 1.165) is 16.2 Å². The molecule has 1 atom stereocenters. The van der Waals surface area contributed by atoms with E-state index in [2.05, 4.69) is 12.1 Å². The molecule has 0 bridgehead atoms. The third kappa shape index (κ3) is 2.70. The highest BCUT2D eigenvalue weighted by atomic mass is 32.2. The highest BCUT2D eigenvalue weighted by molar-refractivity contribution is 7.91. The fourth-order valence-electron chi connectivity index (χ4n) is 2.62.